The van der Waals surface area contributed by atoms with E-state index in [1.165, 1.54) is 0 Å². The van der Waals surface area contributed by atoms with Gasteiger partial charge in [0.05, 0.1) is 0 Å². The van der Waals surface area contributed by atoms with Gasteiger partial charge in [-0.1, -0.05) is 6.58 Å². The van der Waals surface area contributed by atoms with E-state index in [0.717, 1.165) is 30.9 Å². The van der Waals surface area contributed by atoms with E-state index in [-0.39, 0.29) is 0 Å². The van der Waals surface area contributed by atoms with Crippen LogP contribution >= 0.6 is 0 Å². The smallest absolute Gasteiger partial charge is 0.132 e. The molecular formula is C10H15N3. The Morgan fingerprint density at radius 3 is 2.85 bits per heavy atom. The molecule has 3 heteroatoms. The third-order valence-corrected chi connectivity index (χ3v) is 2.08. The maximum Gasteiger partial charge on any atom is 0.132 e. The Morgan fingerprint density at radius 2 is 2.31 bits per heavy atom. The summed E-state index contributed by atoms with van der Waals surface area (Å²) < 4.78 is 2.03. The maximum atomic E-state index is 4.08. The second-order valence-corrected chi connectivity index (χ2v) is 3.02. The first kappa shape index (κ1) is 9.75. The standard InChI is InChI=1S/C10H15N3/c1-4-5-6-7-8-10-12-11-9(2)13(10)3/h5H,1,6-8H2,2-3H3. The first-order chi connectivity index (χ1) is 6.25. The summed E-state index contributed by atoms with van der Waals surface area (Å²) in [6, 6.07) is 0. The summed E-state index contributed by atoms with van der Waals surface area (Å²) in [7, 11) is 1.99. The molecule has 70 valence electrons. The normalized spacial score (nSPS) is 9.69. The first-order valence-electron chi connectivity index (χ1n) is 4.45. The van der Waals surface area contributed by atoms with Crippen molar-refractivity contribution in [1.82, 2.24) is 14.8 Å². The molecule has 0 aromatic carbocycles. The van der Waals surface area contributed by atoms with Gasteiger partial charge in [0.2, 0.25) is 0 Å². The lowest BCUT2D eigenvalue weighted by molar-refractivity contribution is 0.722. The summed E-state index contributed by atoms with van der Waals surface area (Å²) in [5, 5.41) is 8.07. The number of rotatable bonds is 4. The monoisotopic (exact) mass is 177 g/mol. The van der Waals surface area contributed by atoms with Crippen molar-refractivity contribution >= 4 is 0 Å². The van der Waals surface area contributed by atoms with E-state index >= 15 is 0 Å². The van der Waals surface area contributed by atoms with Crippen molar-refractivity contribution in [3.63, 3.8) is 0 Å². The number of nitrogens with zero attached hydrogens (tertiary/aromatic N) is 3. The molecule has 0 N–H and O–H groups in total. The lowest BCUT2D eigenvalue weighted by Gasteiger charge is -1.98. The Labute approximate surface area is 78.8 Å². The molecule has 1 heterocycles. The third kappa shape index (κ3) is 2.56. The third-order valence-electron chi connectivity index (χ3n) is 2.08. The van der Waals surface area contributed by atoms with Crippen LogP contribution in [0.15, 0.2) is 18.4 Å². The molecule has 0 radical (unpaired) electrons. The van der Waals surface area contributed by atoms with Gasteiger partial charge in [0.1, 0.15) is 11.6 Å². The second kappa shape index (κ2) is 4.63. The zero-order valence-electron chi connectivity index (χ0n) is 8.25. The zero-order chi connectivity index (χ0) is 9.68. The minimum absolute atomic E-state index is 0.967. The molecule has 0 fully saturated rings. The molecule has 0 saturated carbocycles. The molecular weight excluding hydrogens is 162 g/mol. The highest BCUT2D eigenvalue weighted by atomic mass is 15.3. The van der Waals surface area contributed by atoms with Crippen LogP contribution in [0, 0.1) is 6.92 Å². The predicted molar refractivity (Wildman–Crippen MR) is 52.4 cm³/mol. The first-order valence-corrected chi connectivity index (χ1v) is 4.45. The number of aromatic nitrogens is 3. The SMILES string of the molecule is C=C=CCCCc1nnc(C)n1C. The Bertz CT molecular complexity index is 319. The summed E-state index contributed by atoms with van der Waals surface area (Å²) in [5.41, 5.74) is 2.76. The predicted octanol–water partition coefficient (Wildman–Crippen LogP) is 1.79. The number of allylic oxidation sites excluding steroid dienone is 1. The van der Waals surface area contributed by atoms with Crippen LogP contribution in [0.5, 0.6) is 0 Å². The summed E-state index contributed by atoms with van der Waals surface area (Å²) in [6.07, 6.45) is 5.00. The van der Waals surface area contributed by atoms with Gasteiger partial charge in [-0.05, 0) is 25.8 Å². The average Bonchev–Trinajstić information content (AvgIpc) is 2.43. The van der Waals surface area contributed by atoms with E-state index in [4.69, 9.17) is 0 Å². The minimum atomic E-state index is 0.967. The fourth-order valence-corrected chi connectivity index (χ4v) is 1.13. The molecule has 1 rings (SSSR count). The van der Waals surface area contributed by atoms with E-state index in [9.17, 15) is 0 Å². The van der Waals surface area contributed by atoms with E-state index in [0.29, 0.717) is 0 Å². The van der Waals surface area contributed by atoms with Gasteiger partial charge in [0.15, 0.2) is 0 Å². The van der Waals surface area contributed by atoms with Crippen LogP contribution in [0.1, 0.15) is 24.5 Å². The molecule has 0 aliphatic heterocycles. The highest BCUT2D eigenvalue weighted by molar-refractivity contribution is 4.92. The molecule has 0 amide bonds. The zero-order valence-corrected chi connectivity index (χ0v) is 8.25. The summed E-state index contributed by atoms with van der Waals surface area (Å²) in [5.74, 6) is 2.02. The van der Waals surface area contributed by atoms with Gasteiger partial charge in [0, 0.05) is 13.5 Å². The fourth-order valence-electron chi connectivity index (χ4n) is 1.13. The topological polar surface area (TPSA) is 30.7 Å². The van der Waals surface area contributed by atoms with Crippen LogP contribution in [0.2, 0.25) is 0 Å². The largest absolute Gasteiger partial charge is 0.318 e. The lowest BCUT2D eigenvalue weighted by atomic mass is 10.2. The molecule has 0 bridgehead atoms. The summed E-state index contributed by atoms with van der Waals surface area (Å²) in [4.78, 5) is 0. The van der Waals surface area contributed by atoms with Crippen LogP contribution in [-0.2, 0) is 13.5 Å². The highest BCUT2D eigenvalue weighted by Crippen LogP contribution is 2.03. The van der Waals surface area contributed by atoms with Crippen LogP contribution < -0.4 is 0 Å². The maximum absolute atomic E-state index is 4.08. The Kier molecular flexibility index (Phi) is 3.47. The van der Waals surface area contributed by atoms with Crippen molar-refractivity contribution < 1.29 is 0 Å². The molecule has 0 unspecified atom stereocenters. The minimum Gasteiger partial charge on any atom is -0.318 e. The van der Waals surface area contributed by atoms with Gasteiger partial charge in [-0.2, -0.15) is 0 Å². The Hall–Kier alpha value is -1.34. The van der Waals surface area contributed by atoms with Crippen molar-refractivity contribution in [2.24, 2.45) is 7.05 Å². The summed E-state index contributed by atoms with van der Waals surface area (Å²) in [6.45, 7) is 5.47. The lowest BCUT2D eigenvalue weighted by Crippen LogP contribution is -1.99. The molecule has 0 aliphatic carbocycles. The molecule has 13 heavy (non-hydrogen) atoms. The molecule has 0 atom stereocenters. The van der Waals surface area contributed by atoms with Crippen molar-refractivity contribution in [3.05, 3.63) is 30.0 Å². The van der Waals surface area contributed by atoms with Crippen LogP contribution in [-0.4, -0.2) is 14.8 Å². The van der Waals surface area contributed by atoms with Crippen LogP contribution in [0.4, 0.5) is 0 Å². The van der Waals surface area contributed by atoms with Crippen molar-refractivity contribution in [2.45, 2.75) is 26.2 Å². The van der Waals surface area contributed by atoms with Gasteiger partial charge in [-0.3, -0.25) is 0 Å². The number of aryl methyl sites for hydroxylation is 2. The quantitative estimate of drug-likeness (QED) is 0.518. The Balaban J connectivity index is 2.45. The van der Waals surface area contributed by atoms with Gasteiger partial charge in [-0.25, -0.2) is 0 Å². The van der Waals surface area contributed by atoms with Gasteiger partial charge in [-0.15, -0.1) is 15.9 Å². The fraction of sp³-hybridized carbons (Fsp3) is 0.500. The van der Waals surface area contributed by atoms with E-state index in [1.807, 2.05) is 24.6 Å². The molecule has 0 aliphatic rings. The van der Waals surface area contributed by atoms with Crippen LogP contribution in [0.25, 0.3) is 0 Å². The van der Waals surface area contributed by atoms with Crippen LogP contribution in [0.3, 0.4) is 0 Å². The number of unbranched alkanes of at least 4 members (excludes halogenated alkanes) is 1. The highest BCUT2D eigenvalue weighted by Gasteiger charge is 2.02. The van der Waals surface area contributed by atoms with Gasteiger partial charge in [0.25, 0.3) is 0 Å². The van der Waals surface area contributed by atoms with Crippen molar-refractivity contribution in [1.29, 1.82) is 0 Å². The van der Waals surface area contributed by atoms with E-state index in [1.54, 1.807) is 0 Å². The molecule has 1 aromatic rings. The average molecular weight is 177 g/mol. The second-order valence-electron chi connectivity index (χ2n) is 3.02. The number of hydrogen-bond acceptors (Lipinski definition) is 2. The Morgan fingerprint density at radius 1 is 1.54 bits per heavy atom. The van der Waals surface area contributed by atoms with Crippen molar-refractivity contribution in [3.8, 4) is 0 Å². The van der Waals surface area contributed by atoms with E-state index < -0.39 is 0 Å². The molecule has 0 saturated heterocycles. The molecule has 1 aromatic heterocycles. The van der Waals surface area contributed by atoms with Gasteiger partial charge < -0.3 is 4.57 Å². The summed E-state index contributed by atoms with van der Waals surface area (Å²) >= 11 is 0. The van der Waals surface area contributed by atoms with E-state index in [2.05, 4.69) is 22.5 Å². The molecule has 3 nitrogen and oxygen atoms in total. The van der Waals surface area contributed by atoms with Crippen molar-refractivity contribution in [2.75, 3.05) is 0 Å². The van der Waals surface area contributed by atoms with Gasteiger partial charge >= 0.3 is 0 Å². The number of hydrogen-bond donors (Lipinski definition) is 0. The molecule has 0 spiro atoms.